The Morgan fingerprint density at radius 3 is 1.29 bits per heavy atom. The van der Waals surface area contributed by atoms with Crippen molar-refractivity contribution in [2.24, 2.45) is 0 Å². The standard InChI is InChI=1S/C56H100NO8P/c1-6-8-10-12-14-16-18-20-22-24-25-26-27-28-29-30-31-33-34-36-38-40-42-44-46-48-55(58)62-52-54(53-64-66(60,61)63-51-50-57(3,4)5)65-56(59)49-47-45-43-41-39-37-35-32-23-21-19-17-15-13-11-9-7-2/h9,11,15,17-18,20-21,23-25,35,37,54H,6-8,10,12-14,16,19,22,26-34,36,38-53H2,1-5H3/p+1/b11-9-,17-15-,20-18-,23-21-,25-24-,37-35-. The summed E-state index contributed by atoms with van der Waals surface area (Å²) in [4.78, 5) is 35.6. The lowest BCUT2D eigenvalue weighted by atomic mass is 10.0. The van der Waals surface area contributed by atoms with Gasteiger partial charge in [0.2, 0.25) is 0 Å². The number of carbonyl (C=O) groups excluding carboxylic acids is 2. The highest BCUT2D eigenvalue weighted by Gasteiger charge is 2.27. The average Bonchev–Trinajstić information content (AvgIpc) is 3.27. The predicted molar refractivity (Wildman–Crippen MR) is 279 cm³/mol. The minimum atomic E-state index is -4.39. The van der Waals surface area contributed by atoms with Crippen LogP contribution in [0.15, 0.2) is 72.9 Å². The number of phosphoric ester groups is 1. The molecule has 0 heterocycles. The highest BCUT2D eigenvalue weighted by molar-refractivity contribution is 7.47. The van der Waals surface area contributed by atoms with Gasteiger partial charge in [0.25, 0.3) is 0 Å². The van der Waals surface area contributed by atoms with Gasteiger partial charge >= 0.3 is 19.8 Å². The van der Waals surface area contributed by atoms with Crippen LogP contribution < -0.4 is 0 Å². The van der Waals surface area contributed by atoms with Crippen LogP contribution in [-0.4, -0.2) is 74.9 Å². The molecule has 0 spiro atoms. The molecule has 0 bridgehead atoms. The third-order valence-electron chi connectivity index (χ3n) is 11.2. The molecule has 10 heteroatoms. The molecule has 0 aromatic heterocycles. The Balaban J connectivity index is 4.22. The second-order valence-electron chi connectivity index (χ2n) is 18.9. The molecule has 9 nitrogen and oxygen atoms in total. The van der Waals surface area contributed by atoms with Crippen LogP contribution in [0.2, 0.25) is 0 Å². The number of unbranched alkanes of at least 4 members (excludes halogenated alkanes) is 22. The van der Waals surface area contributed by atoms with E-state index in [0.717, 1.165) is 77.0 Å². The van der Waals surface area contributed by atoms with Crippen molar-refractivity contribution in [3.05, 3.63) is 72.9 Å². The highest BCUT2D eigenvalue weighted by Crippen LogP contribution is 2.43. The van der Waals surface area contributed by atoms with Crippen molar-refractivity contribution in [3.8, 4) is 0 Å². The van der Waals surface area contributed by atoms with Gasteiger partial charge in [-0.1, -0.05) is 196 Å². The monoisotopic (exact) mass is 947 g/mol. The Morgan fingerprint density at radius 2 is 0.864 bits per heavy atom. The van der Waals surface area contributed by atoms with Gasteiger partial charge in [0.1, 0.15) is 19.8 Å². The zero-order valence-electron chi connectivity index (χ0n) is 43.2. The molecule has 66 heavy (non-hydrogen) atoms. The maximum atomic E-state index is 12.7. The summed E-state index contributed by atoms with van der Waals surface area (Å²) in [5.74, 6) is -0.826. The number of carbonyl (C=O) groups is 2. The van der Waals surface area contributed by atoms with Gasteiger partial charge in [0, 0.05) is 12.8 Å². The zero-order chi connectivity index (χ0) is 48.5. The Kier molecular flexibility index (Phi) is 45.7. The minimum Gasteiger partial charge on any atom is -0.462 e. The number of ether oxygens (including phenoxy) is 2. The smallest absolute Gasteiger partial charge is 0.462 e. The molecular formula is C56H101NO8P+. The summed E-state index contributed by atoms with van der Waals surface area (Å²) in [6.07, 6.45) is 61.0. The SMILES string of the molecule is CC/C=C\C/C=C\C/C=C\C/C=C\CCCCCCC(=O)OC(COC(=O)CCCCCCCCCCCCCCC/C=C\C/C=C\CCCCCCC)COP(=O)(O)OCC[N+](C)(C)C. The summed E-state index contributed by atoms with van der Waals surface area (Å²) in [5, 5.41) is 0. The second-order valence-corrected chi connectivity index (χ2v) is 20.3. The van der Waals surface area contributed by atoms with Gasteiger partial charge in [-0.3, -0.25) is 18.6 Å². The van der Waals surface area contributed by atoms with E-state index >= 15 is 0 Å². The third-order valence-corrected chi connectivity index (χ3v) is 12.2. The fraction of sp³-hybridized carbons (Fsp3) is 0.750. The minimum absolute atomic E-state index is 0.0236. The normalized spacial score (nSPS) is 14.0. The Labute approximate surface area is 406 Å². The van der Waals surface area contributed by atoms with Crippen molar-refractivity contribution >= 4 is 19.8 Å². The number of nitrogens with zero attached hydrogens (tertiary/aromatic N) is 1. The van der Waals surface area contributed by atoms with E-state index in [0.29, 0.717) is 17.4 Å². The molecule has 2 atom stereocenters. The lowest BCUT2D eigenvalue weighted by molar-refractivity contribution is -0.870. The average molecular weight is 947 g/mol. The number of rotatable bonds is 48. The predicted octanol–water partition coefficient (Wildman–Crippen LogP) is 16.1. The number of phosphoric acid groups is 1. The van der Waals surface area contributed by atoms with E-state index in [4.69, 9.17) is 18.5 Å². The van der Waals surface area contributed by atoms with E-state index in [1.54, 1.807) is 0 Å². The second kappa shape index (κ2) is 47.5. The molecule has 0 aromatic rings. The zero-order valence-corrected chi connectivity index (χ0v) is 44.1. The maximum Gasteiger partial charge on any atom is 0.472 e. The van der Waals surface area contributed by atoms with E-state index in [-0.39, 0.29) is 32.0 Å². The van der Waals surface area contributed by atoms with Gasteiger partial charge in [0.05, 0.1) is 27.7 Å². The number of hydrogen-bond donors (Lipinski definition) is 1. The number of esters is 2. The maximum absolute atomic E-state index is 12.7. The molecule has 0 aromatic carbocycles. The number of quaternary nitrogens is 1. The molecule has 0 aliphatic rings. The molecule has 382 valence electrons. The molecule has 2 unspecified atom stereocenters. The molecule has 1 N–H and O–H groups in total. The van der Waals surface area contributed by atoms with Gasteiger partial charge in [-0.05, 0) is 83.5 Å². The van der Waals surface area contributed by atoms with E-state index in [1.807, 2.05) is 21.1 Å². The van der Waals surface area contributed by atoms with Gasteiger partial charge in [-0.2, -0.15) is 0 Å². The lowest BCUT2D eigenvalue weighted by Crippen LogP contribution is -2.37. The van der Waals surface area contributed by atoms with Crippen LogP contribution >= 0.6 is 7.82 Å². The summed E-state index contributed by atoms with van der Waals surface area (Å²) < 4.78 is 34.4. The molecular weight excluding hydrogens is 846 g/mol. The molecule has 0 fully saturated rings. The number of allylic oxidation sites excluding steroid dienone is 12. The van der Waals surface area contributed by atoms with E-state index in [1.165, 1.54) is 109 Å². The Hall–Kier alpha value is -2.55. The first-order valence-electron chi connectivity index (χ1n) is 26.7. The molecule has 0 aliphatic heterocycles. The van der Waals surface area contributed by atoms with Crippen LogP contribution in [0.3, 0.4) is 0 Å². The van der Waals surface area contributed by atoms with E-state index in [2.05, 4.69) is 86.8 Å². The van der Waals surface area contributed by atoms with E-state index < -0.39 is 26.5 Å². The van der Waals surface area contributed by atoms with Crippen molar-refractivity contribution in [3.63, 3.8) is 0 Å². The Bertz CT molecular complexity index is 1350. The van der Waals surface area contributed by atoms with Crippen LogP contribution in [0.4, 0.5) is 0 Å². The summed E-state index contributed by atoms with van der Waals surface area (Å²) in [6.45, 7) is 4.28. The van der Waals surface area contributed by atoms with Crippen molar-refractivity contribution < 1.29 is 42.1 Å². The van der Waals surface area contributed by atoms with Crippen LogP contribution in [0, 0.1) is 0 Å². The number of hydrogen-bond acceptors (Lipinski definition) is 7. The van der Waals surface area contributed by atoms with Crippen LogP contribution in [-0.2, 0) is 32.7 Å². The third kappa shape index (κ3) is 50.9. The molecule has 0 radical (unpaired) electrons. The molecule has 0 aliphatic carbocycles. The Morgan fingerprint density at radius 1 is 0.485 bits per heavy atom. The fourth-order valence-electron chi connectivity index (χ4n) is 7.09. The lowest BCUT2D eigenvalue weighted by Gasteiger charge is -2.24. The van der Waals surface area contributed by atoms with E-state index in [9.17, 15) is 19.0 Å². The van der Waals surface area contributed by atoms with Crippen LogP contribution in [0.5, 0.6) is 0 Å². The summed E-state index contributed by atoms with van der Waals surface area (Å²) in [5.41, 5.74) is 0. The summed E-state index contributed by atoms with van der Waals surface area (Å²) >= 11 is 0. The molecule has 0 saturated carbocycles. The van der Waals surface area contributed by atoms with Crippen molar-refractivity contribution in [2.45, 2.75) is 225 Å². The highest BCUT2D eigenvalue weighted by atomic mass is 31.2. The van der Waals surface area contributed by atoms with Gasteiger partial charge < -0.3 is 18.9 Å². The van der Waals surface area contributed by atoms with Gasteiger partial charge in [0.15, 0.2) is 6.10 Å². The van der Waals surface area contributed by atoms with Crippen LogP contribution in [0.25, 0.3) is 0 Å². The topological polar surface area (TPSA) is 108 Å². The quantitative estimate of drug-likeness (QED) is 0.0211. The van der Waals surface area contributed by atoms with Crippen molar-refractivity contribution in [2.75, 3.05) is 47.5 Å². The molecule has 0 amide bonds. The van der Waals surface area contributed by atoms with Crippen molar-refractivity contribution in [1.82, 2.24) is 0 Å². The first-order chi connectivity index (χ1) is 32.0. The number of likely N-dealkylation sites (N-methyl/N-ethyl adjacent to an activating group) is 1. The molecule has 0 saturated heterocycles. The van der Waals surface area contributed by atoms with Gasteiger partial charge in [-0.25, -0.2) is 4.57 Å². The first-order valence-corrected chi connectivity index (χ1v) is 28.2. The largest absolute Gasteiger partial charge is 0.472 e. The molecule has 0 rings (SSSR count). The van der Waals surface area contributed by atoms with Crippen LogP contribution in [0.1, 0.15) is 219 Å². The van der Waals surface area contributed by atoms with Crippen molar-refractivity contribution in [1.29, 1.82) is 0 Å². The van der Waals surface area contributed by atoms with Gasteiger partial charge in [-0.15, -0.1) is 0 Å². The summed E-state index contributed by atoms with van der Waals surface area (Å²) in [6, 6.07) is 0. The summed E-state index contributed by atoms with van der Waals surface area (Å²) in [7, 11) is 1.45. The first kappa shape index (κ1) is 63.5. The fourth-order valence-corrected chi connectivity index (χ4v) is 7.84.